The van der Waals surface area contributed by atoms with Crippen molar-refractivity contribution in [3.63, 3.8) is 0 Å². The first kappa shape index (κ1) is 21.4. The molecule has 2 aromatic carbocycles. The third kappa shape index (κ3) is 4.74. The molecule has 0 spiro atoms. The fraction of sp³-hybridized carbons (Fsp3) is 0.292. The number of nitrogens with zero attached hydrogens (tertiary/aromatic N) is 2. The lowest BCUT2D eigenvalue weighted by Crippen LogP contribution is -2.33. The highest BCUT2D eigenvalue weighted by atomic mass is 16.5. The van der Waals surface area contributed by atoms with Gasteiger partial charge in [0.1, 0.15) is 11.8 Å². The average Bonchev–Trinajstić information content (AvgIpc) is 3.34. The smallest absolute Gasteiger partial charge is 0.325 e. The zero-order chi connectivity index (χ0) is 22.5. The second kappa shape index (κ2) is 9.55. The molecule has 4 amide bonds. The van der Waals surface area contributed by atoms with Crippen LogP contribution in [0.3, 0.4) is 0 Å². The quantitative estimate of drug-likeness (QED) is 0.507. The minimum Gasteiger partial charge on any atom is -0.497 e. The first-order chi connectivity index (χ1) is 15.5. The largest absolute Gasteiger partial charge is 0.497 e. The molecule has 0 bridgehead atoms. The zero-order valence-corrected chi connectivity index (χ0v) is 17.9. The van der Waals surface area contributed by atoms with Crippen molar-refractivity contribution in [1.82, 2.24) is 20.1 Å². The third-order valence-corrected chi connectivity index (χ3v) is 5.62. The van der Waals surface area contributed by atoms with E-state index < -0.39 is 12.1 Å². The monoisotopic (exact) mass is 434 g/mol. The summed E-state index contributed by atoms with van der Waals surface area (Å²) < 4.78 is 7.21. The average molecular weight is 434 g/mol. The van der Waals surface area contributed by atoms with E-state index in [0.717, 1.165) is 16.5 Å². The molecule has 0 unspecified atom stereocenters. The summed E-state index contributed by atoms with van der Waals surface area (Å²) in [6.45, 7) is 1.34. The molecule has 0 saturated carbocycles. The zero-order valence-electron chi connectivity index (χ0n) is 17.9. The maximum absolute atomic E-state index is 12.6. The first-order valence-electron chi connectivity index (χ1n) is 10.6. The Balaban J connectivity index is 1.23. The summed E-state index contributed by atoms with van der Waals surface area (Å²) in [5, 5.41) is 6.73. The van der Waals surface area contributed by atoms with E-state index in [-0.39, 0.29) is 31.2 Å². The van der Waals surface area contributed by atoms with Crippen molar-refractivity contribution >= 4 is 28.7 Å². The van der Waals surface area contributed by atoms with Crippen molar-refractivity contribution in [3.8, 4) is 5.75 Å². The van der Waals surface area contributed by atoms with Crippen LogP contribution in [0.1, 0.15) is 18.4 Å². The third-order valence-electron chi connectivity index (χ3n) is 5.62. The SMILES string of the molecule is COc1ccc(CN2C(=O)N[C@H](CCC(=O)NCCn3ccc4ccccc43)C2=O)cc1. The Morgan fingerprint density at radius 2 is 1.88 bits per heavy atom. The number of aromatic nitrogens is 1. The fourth-order valence-corrected chi connectivity index (χ4v) is 3.85. The van der Waals surface area contributed by atoms with E-state index in [1.807, 2.05) is 42.6 Å². The van der Waals surface area contributed by atoms with Crippen molar-refractivity contribution < 1.29 is 19.1 Å². The van der Waals surface area contributed by atoms with E-state index in [4.69, 9.17) is 4.74 Å². The number of methoxy groups -OCH3 is 1. The summed E-state index contributed by atoms with van der Waals surface area (Å²) in [7, 11) is 1.58. The predicted molar refractivity (Wildman–Crippen MR) is 120 cm³/mol. The number of hydrogen-bond donors (Lipinski definition) is 2. The predicted octanol–water partition coefficient (Wildman–Crippen LogP) is 2.67. The van der Waals surface area contributed by atoms with E-state index in [0.29, 0.717) is 18.8 Å². The molecule has 1 atom stereocenters. The van der Waals surface area contributed by atoms with Crippen LogP contribution in [-0.2, 0) is 22.7 Å². The Morgan fingerprint density at radius 1 is 1.09 bits per heavy atom. The van der Waals surface area contributed by atoms with Gasteiger partial charge in [0.2, 0.25) is 5.91 Å². The summed E-state index contributed by atoms with van der Waals surface area (Å²) in [6.07, 6.45) is 2.43. The molecule has 8 heteroatoms. The van der Waals surface area contributed by atoms with Gasteiger partial charge in [0, 0.05) is 31.2 Å². The van der Waals surface area contributed by atoms with Crippen LogP contribution >= 0.6 is 0 Å². The molecule has 0 radical (unpaired) electrons. The van der Waals surface area contributed by atoms with Crippen molar-refractivity contribution in [1.29, 1.82) is 0 Å². The molecule has 8 nitrogen and oxygen atoms in total. The van der Waals surface area contributed by atoms with Crippen LogP contribution in [0.15, 0.2) is 60.8 Å². The molecular formula is C24H26N4O4. The lowest BCUT2D eigenvalue weighted by Gasteiger charge is -2.13. The van der Waals surface area contributed by atoms with Crippen molar-refractivity contribution in [2.45, 2.75) is 32.0 Å². The van der Waals surface area contributed by atoms with Gasteiger partial charge in [0.15, 0.2) is 0 Å². The maximum Gasteiger partial charge on any atom is 0.325 e. The highest BCUT2D eigenvalue weighted by Gasteiger charge is 2.37. The summed E-state index contributed by atoms with van der Waals surface area (Å²) in [5.74, 6) is 0.259. The Hall–Kier alpha value is -3.81. The Labute approximate surface area is 186 Å². The van der Waals surface area contributed by atoms with Gasteiger partial charge >= 0.3 is 6.03 Å². The minimum atomic E-state index is -0.681. The Morgan fingerprint density at radius 3 is 2.66 bits per heavy atom. The topological polar surface area (TPSA) is 92.7 Å². The van der Waals surface area contributed by atoms with Crippen LogP contribution in [0.25, 0.3) is 10.9 Å². The van der Waals surface area contributed by atoms with Gasteiger partial charge in [-0.3, -0.25) is 14.5 Å². The summed E-state index contributed by atoms with van der Waals surface area (Å²) in [5.41, 5.74) is 1.95. The summed E-state index contributed by atoms with van der Waals surface area (Å²) in [6, 6.07) is 16.2. The van der Waals surface area contributed by atoms with Crippen molar-refractivity contribution in [3.05, 3.63) is 66.4 Å². The lowest BCUT2D eigenvalue weighted by molar-refractivity contribution is -0.128. The van der Waals surface area contributed by atoms with Gasteiger partial charge in [-0.15, -0.1) is 0 Å². The molecule has 1 saturated heterocycles. The number of carbonyl (C=O) groups excluding carboxylic acids is 3. The Kier molecular flexibility index (Phi) is 6.39. The van der Waals surface area contributed by atoms with Crippen LogP contribution in [0.4, 0.5) is 4.79 Å². The van der Waals surface area contributed by atoms with Gasteiger partial charge in [0.25, 0.3) is 5.91 Å². The number of para-hydroxylation sites is 1. The molecule has 1 aromatic heterocycles. The molecule has 3 aromatic rings. The number of carbonyl (C=O) groups is 3. The van der Waals surface area contributed by atoms with Gasteiger partial charge < -0.3 is 19.9 Å². The van der Waals surface area contributed by atoms with Crippen LogP contribution in [-0.4, -0.2) is 47.0 Å². The van der Waals surface area contributed by atoms with E-state index in [1.165, 1.54) is 4.90 Å². The molecule has 0 aliphatic carbocycles. The normalized spacial score (nSPS) is 15.8. The number of hydrogen-bond acceptors (Lipinski definition) is 4. The fourth-order valence-electron chi connectivity index (χ4n) is 3.85. The van der Waals surface area contributed by atoms with Crippen LogP contribution in [0, 0.1) is 0 Å². The van der Waals surface area contributed by atoms with Gasteiger partial charge in [-0.25, -0.2) is 4.79 Å². The minimum absolute atomic E-state index is 0.142. The number of rotatable bonds is 9. The van der Waals surface area contributed by atoms with E-state index in [9.17, 15) is 14.4 Å². The molecule has 1 aliphatic heterocycles. The van der Waals surface area contributed by atoms with Gasteiger partial charge in [-0.2, -0.15) is 0 Å². The number of benzene rings is 2. The number of amides is 4. The molecule has 1 aliphatic rings. The van der Waals surface area contributed by atoms with Crippen LogP contribution in [0.5, 0.6) is 5.75 Å². The van der Waals surface area contributed by atoms with E-state index >= 15 is 0 Å². The second-order valence-corrected chi connectivity index (χ2v) is 7.73. The highest BCUT2D eigenvalue weighted by Crippen LogP contribution is 2.18. The van der Waals surface area contributed by atoms with E-state index in [2.05, 4.69) is 21.3 Å². The number of urea groups is 1. The number of fused-ring (bicyclic) bond motifs is 1. The molecule has 32 heavy (non-hydrogen) atoms. The first-order valence-corrected chi connectivity index (χ1v) is 10.6. The van der Waals surface area contributed by atoms with E-state index in [1.54, 1.807) is 19.2 Å². The Bertz CT molecular complexity index is 1120. The molecule has 1 fully saturated rings. The maximum atomic E-state index is 12.6. The number of nitrogens with one attached hydrogen (secondary N) is 2. The molecule has 2 N–H and O–H groups in total. The van der Waals surface area contributed by atoms with Crippen molar-refractivity contribution in [2.75, 3.05) is 13.7 Å². The number of ether oxygens (including phenoxy) is 1. The van der Waals surface area contributed by atoms with Crippen molar-refractivity contribution in [2.24, 2.45) is 0 Å². The summed E-state index contributed by atoms with van der Waals surface area (Å²) >= 11 is 0. The van der Waals surface area contributed by atoms with Crippen LogP contribution in [0.2, 0.25) is 0 Å². The standard InChI is InChI=1S/C24H26N4O4/c1-32-19-8-6-17(7-9-19)16-28-23(30)20(26-24(28)31)10-11-22(29)25-13-15-27-14-12-18-4-2-3-5-21(18)27/h2-9,12,14,20H,10-11,13,15-16H2,1H3,(H,25,29)(H,26,31)/t20-/m1/s1. The van der Waals surface area contributed by atoms with Gasteiger partial charge in [0.05, 0.1) is 13.7 Å². The lowest BCUT2D eigenvalue weighted by atomic mass is 10.1. The van der Waals surface area contributed by atoms with Gasteiger partial charge in [-0.05, 0) is 41.6 Å². The second-order valence-electron chi connectivity index (χ2n) is 7.73. The molecule has 4 rings (SSSR count). The summed E-state index contributed by atoms with van der Waals surface area (Å²) in [4.78, 5) is 38.3. The van der Waals surface area contributed by atoms with Gasteiger partial charge in [-0.1, -0.05) is 30.3 Å². The highest BCUT2D eigenvalue weighted by molar-refractivity contribution is 6.04. The van der Waals surface area contributed by atoms with Crippen LogP contribution < -0.4 is 15.4 Å². The number of imide groups is 1. The molecule has 2 heterocycles. The molecule has 166 valence electrons. The molecular weight excluding hydrogens is 408 g/mol.